The van der Waals surface area contributed by atoms with E-state index in [1.807, 2.05) is 0 Å². The van der Waals surface area contributed by atoms with E-state index in [1.54, 1.807) is 0 Å². The summed E-state index contributed by atoms with van der Waals surface area (Å²) in [7, 11) is 0. The van der Waals surface area contributed by atoms with Crippen LogP contribution in [0.3, 0.4) is 0 Å². The van der Waals surface area contributed by atoms with Gasteiger partial charge in [0, 0.05) is 0 Å². The number of carboxylic acids is 1. The molecule has 8 N–H and O–H groups in total. The smallest absolute Gasteiger partial charge is 0.335 e. The van der Waals surface area contributed by atoms with Crippen LogP contribution in [0.5, 0.6) is 0 Å². The Balaban J connectivity index is 2.62. The van der Waals surface area contributed by atoms with E-state index in [0.717, 1.165) is 0 Å². The van der Waals surface area contributed by atoms with Crippen LogP contribution in [0.2, 0.25) is 0 Å². The lowest BCUT2D eigenvalue weighted by Crippen LogP contribution is -2.59. The lowest BCUT2D eigenvalue weighted by atomic mass is 9.99. The van der Waals surface area contributed by atoms with Gasteiger partial charge < -0.3 is 55.1 Å². The summed E-state index contributed by atoms with van der Waals surface area (Å²) in [4.78, 5) is 33.2. The summed E-state index contributed by atoms with van der Waals surface area (Å²) in [5.74, 6) is -3.22. The topological polar surface area (TPSA) is 241 Å². The Kier molecular flexibility index (Phi) is 9.28. The van der Waals surface area contributed by atoms with Crippen molar-refractivity contribution in [3.05, 3.63) is 0 Å². The standard InChI is InChI=1S/C14H22O14/c15-1-4(7(18)9(20)11(22)13(24)25)27-6(17)3-26-14-12(23)10(21)8(19)5(2-16)28-14/h1,4-5,7-12,14,16,18-23H,2-3H2,(H,24,25)/t4-,5+,7+,8+,9+,10-,11-,12+,14?/m0/s1. The van der Waals surface area contributed by atoms with Gasteiger partial charge in [-0.2, -0.15) is 0 Å². The highest BCUT2D eigenvalue weighted by Crippen LogP contribution is 2.22. The lowest BCUT2D eigenvalue weighted by Gasteiger charge is -2.39. The van der Waals surface area contributed by atoms with Gasteiger partial charge in [0.05, 0.1) is 6.61 Å². The molecule has 14 heteroatoms. The van der Waals surface area contributed by atoms with Crippen LogP contribution in [-0.2, 0) is 28.6 Å². The van der Waals surface area contributed by atoms with Crippen molar-refractivity contribution in [2.45, 2.75) is 55.1 Å². The SMILES string of the molecule is O=C[C@H](OC(=O)COC1O[C@H](CO)[C@@H](O)[C@H](O)[C@H]1O)[C@@H](O)[C@@H](O)[C@H](O)C(=O)O. The number of carbonyl (C=O) groups excluding carboxylic acids is 2. The van der Waals surface area contributed by atoms with Crippen molar-refractivity contribution in [3.8, 4) is 0 Å². The molecule has 0 spiro atoms. The molecule has 162 valence electrons. The third kappa shape index (κ3) is 5.87. The van der Waals surface area contributed by atoms with E-state index in [4.69, 9.17) is 24.8 Å². The van der Waals surface area contributed by atoms with Crippen molar-refractivity contribution in [3.63, 3.8) is 0 Å². The molecule has 28 heavy (non-hydrogen) atoms. The van der Waals surface area contributed by atoms with Crippen LogP contribution in [0.25, 0.3) is 0 Å². The molecule has 1 aliphatic heterocycles. The Bertz CT molecular complexity index is 538. The van der Waals surface area contributed by atoms with Gasteiger partial charge in [-0.25, -0.2) is 9.59 Å². The summed E-state index contributed by atoms with van der Waals surface area (Å²) in [6.45, 7) is -1.74. The van der Waals surface area contributed by atoms with E-state index in [2.05, 4.69) is 4.74 Å². The van der Waals surface area contributed by atoms with Crippen molar-refractivity contribution in [1.82, 2.24) is 0 Å². The quantitative estimate of drug-likeness (QED) is 0.123. The second kappa shape index (κ2) is 10.7. The molecule has 1 aliphatic rings. The van der Waals surface area contributed by atoms with Crippen LogP contribution in [0, 0.1) is 0 Å². The van der Waals surface area contributed by atoms with Crippen LogP contribution >= 0.6 is 0 Å². The molecule has 9 atom stereocenters. The van der Waals surface area contributed by atoms with Gasteiger partial charge in [0.2, 0.25) is 0 Å². The van der Waals surface area contributed by atoms with Gasteiger partial charge in [0.15, 0.2) is 24.8 Å². The molecular weight excluding hydrogens is 392 g/mol. The van der Waals surface area contributed by atoms with Gasteiger partial charge in [-0.15, -0.1) is 0 Å². The second-order valence-corrected chi connectivity index (χ2v) is 5.86. The number of rotatable bonds is 10. The number of carboxylic acid groups (broad SMARTS) is 1. The minimum absolute atomic E-state index is 0.131. The Morgan fingerprint density at radius 3 is 2.14 bits per heavy atom. The third-order valence-corrected chi connectivity index (χ3v) is 3.88. The molecule has 0 saturated carbocycles. The zero-order valence-corrected chi connectivity index (χ0v) is 14.2. The molecular formula is C14H22O14. The zero-order chi connectivity index (χ0) is 21.6. The van der Waals surface area contributed by atoms with Crippen LogP contribution in [0.1, 0.15) is 0 Å². The van der Waals surface area contributed by atoms with Crippen LogP contribution < -0.4 is 0 Å². The maximum atomic E-state index is 11.7. The third-order valence-electron chi connectivity index (χ3n) is 3.88. The van der Waals surface area contributed by atoms with Crippen molar-refractivity contribution in [2.75, 3.05) is 13.2 Å². The first-order valence-electron chi connectivity index (χ1n) is 7.89. The van der Waals surface area contributed by atoms with Crippen LogP contribution in [0.4, 0.5) is 0 Å². The van der Waals surface area contributed by atoms with E-state index < -0.39 is 80.3 Å². The summed E-state index contributed by atoms with van der Waals surface area (Å²) < 4.78 is 14.3. The highest BCUT2D eigenvalue weighted by atomic mass is 16.7. The van der Waals surface area contributed by atoms with E-state index >= 15 is 0 Å². The number of aliphatic hydroxyl groups is 7. The number of aldehydes is 1. The normalized spacial score (nSPS) is 32.0. The molecule has 0 aromatic carbocycles. The molecule has 0 radical (unpaired) electrons. The summed E-state index contributed by atoms with van der Waals surface area (Å²) in [6, 6.07) is 0. The van der Waals surface area contributed by atoms with Gasteiger partial charge in [-0.05, 0) is 0 Å². The highest BCUT2D eigenvalue weighted by Gasteiger charge is 2.44. The van der Waals surface area contributed by atoms with Crippen LogP contribution in [-0.4, -0.2) is 127 Å². The maximum Gasteiger partial charge on any atom is 0.335 e. The summed E-state index contributed by atoms with van der Waals surface area (Å²) in [5, 5.41) is 74.8. The number of ether oxygens (including phenoxy) is 3. The summed E-state index contributed by atoms with van der Waals surface area (Å²) in [6.07, 6.45) is -17.5. The average Bonchev–Trinajstić information content (AvgIpc) is 2.67. The van der Waals surface area contributed by atoms with E-state index in [0.29, 0.717) is 0 Å². The molecule has 1 fully saturated rings. The number of carbonyl (C=O) groups is 3. The molecule has 0 amide bonds. The molecule has 0 aromatic rings. The van der Waals surface area contributed by atoms with Crippen LogP contribution in [0.15, 0.2) is 0 Å². The molecule has 0 aliphatic carbocycles. The van der Waals surface area contributed by atoms with Gasteiger partial charge >= 0.3 is 11.9 Å². The number of aliphatic hydroxyl groups excluding tert-OH is 7. The zero-order valence-electron chi connectivity index (χ0n) is 14.2. The monoisotopic (exact) mass is 414 g/mol. The first-order chi connectivity index (χ1) is 13.0. The first-order valence-corrected chi connectivity index (χ1v) is 7.89. The maximum absolute atomic E-state index is 11.7. The molecule has 1 heterocycles. The lowest BCUT2D eigenvalue weighted by molar-refractivity contribution is -0.300. The fourth-order valence-corrected chi connectivity index (χ4v) is 2.25. The van der Waals surface area contributed by atoms with Gasteiger partial charge in [0.25, 0.3) is 0 Å². The number of esters is 1. The minimum Gasteiger partial charge on any atom is -0.479 e. The van der Waals surface area contributed by atoms with E-state index in [9.17, 15) is 39.9 Å². The van der Waals surface area contributed by atoms with E-state index in [-0.39, 0.29) is 6.29 Å². The second-order valence-electron chi connectivity index (χ2n) is 5.86. The first kappa shape index (κ1) is 24.3. The number of hydrogen-bond acceptors (Lipinski definition) is 13. The Labute approximate surface area is 157 Å². The predicted octanol–water partition coefficient (Wildman–Crippen LogP) is -5.92. The molecule has 1 saturated heterocycles. The fraction of sp³-hybridized carbons (Fsp3) is 0.786. The Morgan fingerprint density at radius 1 is 1.04 bits per heavy atom. The Hall–Kier alpha value is -1.75. The van der Waals surface area contributed by atoms with E-state index in [1.165, 1.54) is 0 Å². The fourth-order valence-electron chi connectivity index (χ4n) is 2.25. The summed E-state index contributed by atoms with van der Waals surface area (Å²) >= 11 is 0. The van der Waals surface area contributed by atoms with Crippen molar-refractivity contribution >= 4 is 18.2 Å². The number of hydrogen-bond donors (Lipinski definition) is 8. The van der Waals surface area contributed by atoms with Crippen molar-refractivity contribution < 1.29 is 69.4 Å². The average molecular weight is 414 g/mol. The number of aliphatic carboxylic acids is 1. The predicted molar refractivity (Wildman–Crippen MR) is 81.3 cm³/mol. The largest absolute Gasteiger partial charge is 0.479 e. The molecule has 14 nitrogen and oxygen atoms in total. The minimum atomic E-state index is -2.46. The molecule has 1 unspecified atom stereocenters. The van der Waals surface area contributed by atoms with Crippen molar-refractivity contribution in [1.29, 1.82) is 0 Å². The van der Waals surface area contributed by atoms with Gasteiger partial charge in [0.1, 0.15) is 43.2 Å². The summed E-state index contributed by atoms with van der Waals surface area (Å²) in [5.41, 5.74) is 0. The van der Waals surface area contributed by atoms with Gasteiger partial charge in [-0.3, -0.25) is 4.79 Å². The highest BCUT2D eigenvalue weighted by molar-refractivity contribution is 5.75. The molecule has 1 rings (SSSR count). The molecule has 0 bridgehead atoms. The molecule has 0 aromatic heterocycles. The van der Waals surface area contributed by atoms with Gasteiger partial charge in [-0.1, -0.05) is 0 Å². The van der Waals surface area contributed by atoms with Crippen molar-refractivity contribution in [2.24, 2.45) is 0 Å². The Morgan fingerprint density at radius 2 is 1.64 bits per heavy atom.